The lowest BCUT2D eigenvalue weighted by atomic mass is 9.90. The smallest absolute Gasteiger partial charge is 0.282 e. The molecule has 2 aromatic heterocycles. The van der Waals surface area contributed by atoms with Crippen molar-refractivity contribution in [3.05, 3.63) is 41.6 Å². The zero-order valence-corrected chi connectivity index (χ0v) is 15.9. The van der Waals surface area contributed by atoms with Gasteiger partial charge in [0.2, 0.25) is 0 Å². The number of halogens is 2. The lowest BCUT2D eigenvalue weighted by Gasteiger charge is -2.43. The molecule has 2 fully saturated rings. The molecule has 0 aliphatic carbocycles. The van der Waals surface area contributed by atoms with E-state index in [1.807, 2.05) is 12.1 Å². The van der Waals surface area contributed by atoms with Crippen molar-refractivity contribution in [2.75, 3.05) is 36.4 Å². The van der Waals surface area contributed by atoms with Crippen molar-refractivity contribution in [3.8, 4) is 6.07 Å². The van der Waals surface area contributed by atoms with Gasteiger partial charge < -0.3 is 10.2 Å². The predicted molar refractivity (Wildman–Crippen MR) is 103 cm³/mol. The number of likely N-dealkylation sites (tertiary alicyclic amines) is 1. The Morgan fingerprint density at radius 1 is 1.21 bits per heavy atom. The molecule has 2 saturated heterocycles. The standard InChI is InChI=1S/C20H22F2N6/c1-13(2)27-9-16(10-27)15-6-18(25-17-5-14(8-23)3-4-24-17)26-19(7-15)28-11-20(21,22)12-28/h3-7,13,16H,9-12H2,1-2H3,(H,24,25,26). The van der Waals surface area contributed by atoms with Crippen molar-refractivity contribution < 1.29 is 8.78 Å². The van der Waals surface area contributed by atoms with E-state index in [4.69, 9.17) is 5.26 Å². The Balaban J connectivity index is 1.59. The van der Waals surface area contributed by atoms with E-state index in [0.717, 1.165) is 18.7 Å². The Kier molecular flexibility index (Phi) is 4.63. The summed E-state index contributed by atoms with van der Waals surface area (Å²) in [7, 11) is 0. The van der Waals surface area contributed by atoms with Gasteiger partial charge in [0.1, 0.15) is 17.5 Å². The van der Waals surface area contributed by atoms with Crippen LogP contribution < -0.4 is 10.2 Å². The molecule has 0 bridgehead atoms. The normalized spacial score (nSPS) is 19.1. The lowest BCUT2D eigenvalue weighted by molar-refractivity contribution is -0.0267. The Bertz CT molecular complexity index is 909. The largest absolute Gasteiger partial charge is 0.344 e. The van der Waals surface area contributed by atoms with Gasteiger partial charge in [0.25, 0.3) is 5.92 Å². The van der Waals surface area contributed by atoms with Crippen LogP contribution >= 0.6 is 0 Å². The number of hydrogen-bond donors (Lipinski definition) is 1. The zero-order valence-electron chi connectivity index (χ0n) is 15.9. The Morgan fingerprint density at radius 2 is 1.96 bits per heavy atom. The van der Waals surface area contributed by atoms with Crippen molar-refractivity contribution in [3.63, 3.8) is 0 Å². The first-order chi connectivity index (χ1) is 13.3. The monoisotopic (exact) mass is 384 g/mol. The van der Waals surface area contributed by atoms with Gasteiger partial charge in [0.15, 0.2) is 0 Å². The number of nitrogens with one attached hydrogen (secondary N) is 1. The molecule has 0 spiro atoms. The number of rotatable bonds is 5. The summed E-state index contributed by atoms with van der Waals surface area (Å²) in [4.78, 5) is 12.7. The SMILES string of the molecule is CC(C)N1CC(c2cc(Nc3cc(C#N)ccn3)nc(N3CC(F)(F)C3)c2)C1. The molecule has 8 heteroatoms. The van der Waals surface area contributed by atoms with Crippen molar-refractivity contribution in [2.24, 2.45) is 0 Å². The van der Waals surface area contributed by atoms with Crippen LogP contribution in [0.3, 0.4) is 0 Å². The summed E-state index contributed by atoms with van der Waals surface area (Å²) in [5.74, 6) is -0.705. The number of nitriles is 1. The summed E-state index contributed by atoms with van der Waals surface area (Å²) < 4.78 is 26.7. The number of pyridine rings is 2. The van der Waals surface area contributed by atoms with E-state index >= 15 is 0 Å². The molecule has 0 aromatic carbocycles. The van der Waals surface area contributed by atoms with Gasteiger partial charge in [-0.15, -0.1) is 0 Å². The summed E-state index contributed by atoms with van der Waals surface area (Å²) in [5, 5.41) is 12.2. The van der Waals surface area contributed by atoms with Crippen LogP contribution in [0.2, 0.25) is 0 Å². The van der Waals surface area contributed by atoms with Crippen molar-refractivity contribution in [2.45, 2.75) is 31.7 Å². The lowest BCUT2D eigenvalue weighted by Crippen LogP contribution is -2.56. The first kappa shape index (κ1) is 18.6. The molecule has 0 unspecified atom stereocenters. The van der Waals surface area contributed by atoms with E-state index in [2.05, 4.69) is 40.1 Å². The Hall–Kier alpha value is -2.79. The fraction of sp³-hybridized carbons (Fsp3) is 0.450. The summed E-state index contributed by atoms with van der Waals surface area (Å²) in [6.07, 6.45) is 1.55. The van der Waals surface area contributed by atoms with Crippen LogP contribution in [0.15, 0.2) is 30.5 Å². The molecule has 4 rings (SSSR count). The minimum Gasteiger partial charge on any atom is -0.344 e. The maximum atomic E-state index is 13.3. The fourth-order valence-corrected chi connectivity index (χ4v) is 3.52. The van der Waals surface area contributed by atoms with Gasteiger partial charge in [0.05, 0.1) is 24.7 Å². The van der Waals surface area contributed by atoms with E-state index in [1.165, 1.54) is 0 Å². The van der Waals surface area contributed by atoms with Gasteiger partial charge in [-0.25, -0.2) is 18.7 Å². The van der Waals surface area contributed by atoms with Crippen LogP contribution in [0, 0.1) is 11.3 Å². The van der Waals surface area contributed by atoms with Gasteiger partial charge in [-0.2, -0.15) is 5.26 Å². The summed E-state index contributed by atoms with van der Waals surface area (Å²) in [6, 6.07) is 9.69. The maximum absolute atomic E-state index is 13.3. The molecular formula is C20H22F2N6. The Morgan fingerprint density at radius 3 is 2.61 bits per heavy atom. The highest BCUT2D eigenvalue weighted by Gasteiger charge is 2.45. The highest BCUT2D eigenvalue weighted by Crippen LogP contribution is 2.36. The van der Waals surface area contributed by atoms with Crippen LogP contribution in [-0.4, -0.2) is 53.0 Å². The van der Waals surface area contributed by atoms with E-state index in [0.29, 0.717) is 35.0 Å². The molecule has 28 heavy (non-hydrogen) atoms. The van der Waals surface area contributed by atoms with E-state index in [9.17, 15) is 8.78 Å². The number of anilines is 3. The molecule has 0 radical (unpaired) electrons. The van der Waals surface area contributed by atoms with E-state index in [-0.39, 0.29) is 13.1 Å². The number of hydrogen-bond acceptors (Lipinski definition) is 6. The second-order valence-electron chi connectivity index (χ2n) is 7.77. The van der Waals surface area contributed by atoms with Crippen LogP contribution in [0.1, 0.15) is 30.9 Å². The second-order valence-corrected chi connectivity index (χ2v) is 7.77. The summed E-state index contributed by atoms with van der Waals surface area (Å²) >= 11 is 0. The zero-order chi connectivity index (χ0) is 19.9. The summed E-state index contributed by atoms with van der Waals surface area (Å²) in [5.41, 5.74) is 1.57. The van der Waals surface area contributed by atoms with Gasteiger partial charge >= 0.3 is 0 Å². The van der Waals surface area contributed by atoms with Crippen LogP contribution in [0.25, 0.3) is 0 Å². The summed E-state index contributed by atoms with van der Waals surface area (Å²) in [6.45, 7) is 5.59. The van der Waals surface area contributed by atoms with E-state index in [1.54, 1.807) is 23.2 Å². The third-order valence-electron chi connectivity index (χ3n) is 5.26. The quantitative estimate of drug-likeness (QED) is 0.853. The third-order valence-corrected chi connectivity index (χ3v) is 5.26. The number of alkyl halides is 2. The predicted octanol–water partition coefficient (Wildman–Crippen LogP) is 3.35. The topological polar surface area (TPSA) is 68.1 Å². The van der Waals surface area contributed by atoms with Crippen molar-refractivity contribution in [1.29, 1.82) is 5.26 Å². The van der Waals surface area contributed by atoms with Crippen LogP contribution in [-0.2, 0) is 0 Å². The molecule has 1 N–H and O–H groups in total. The minimum atomic E-state index is -2.65. The number of nitrogens with zero attached hydrogens (tertiary/aromatic N) is 5. The highest BCUT2D eigenvalue weighted by molar-refractivity contribution is 5.60. The molecule has 2 aromatic rings. The molecule has 6 nitrogen and oxygen atoms in total. The average Bonchev–Trinajstić information content (AvgIpc) is 2.58. The Labute approximate surface area is 162 Å². The van der Waals surface area contributed by atoms with Crippen molar-refractivity contribution >= 4 is 17.5 Å². The third kappa shape index (κ3) is 3.76. The van der Waals surface area contributed by atoms with Gasteiger partial charge in [-0.05, 0) is 43.7 Å². The fourth-order valence-electron chi connectivity index (χ4n) is 3.52. The molecule has 2 aliphatic rings. The average molecular weight is 384 g/mol. The van der Waals surface area contributed by atoms with Crippen molar-refractivity contribution in [1.82, 2.24) is 14.9 Å². The molecule has 0 amide bonds. The highest BCUT2D eigenvalue weighted by atomic mass is 19.3. The molecule has 146 valence electrons. The molecule has 4 heterocycles. The van der Waals surface area contributed by atoms with E-state index < -0.39 is 5.92 Å². The van der Waals surface area contributed by atoms with Gasteiger partial charge in [-0.3, -0.25) is 4.90 Å². The molecule has 2 aliphatic heterocycles. The minimum absolute atomic E-state index is 0.312. The van der Waals surface area contributed by atoms with Gasteiger partial charge in [0, 0.05) is 31.2 Å². The van der Waals surface area contributed by atoms with Crippen LogP contribution in [0.4, 0.5) is 26.2 Å². The van der Waals surface area contributed by atoms with Gasteiger partial charge in [-0.1, -0.05) is 0 Å². The maximum Gasteiger partial charge on any atom is 0.282 e. The molecule has 0 saturated carbocycles. The second kappa shape index (κ2) is 6.99. The first-order valence-corrected chi connectivity index (χ1v) is 9.35. The molecular weight excluding hydrogens is 362 g/mol. The molecule has 0 atom stereocenters. The van der Waals surface area contributed by atoms with Crippen LogP contribution in [0.5, 0.6) is 0 Å². The number of aromatic nitrogens is 2. The first-order valence-electron chi connectivity index (χ1n) is 9.35.